The maximum Gasteiger partial charge on any atom is 0.391 e. The van der Waals surface area contributed by atoms with Gasteiger partial charge in [-0.3, -0.25) is 4.79 Å². The van der Waals surface area contributed by atoms with Crippen molar-refractivity contribution in [2.45, 2.75) is 31.9 Å². The molecular formula is C17H14F3N3O2. The molecule has 0 radical (unpaired) electrons. The number of nitrogens with zero attached hydrogens (tertiary/aromatic N) is 2. The number of hydrogen-bond donors (Lipinski definition) is 1. The molecule has 0 saturated heterocycles. The molecule has 0 spiro atoms. The van der Waals surface area contributed by atoms with Gasteiger partial charge < -0.3 is 9.40 Å². The predicted octanol–water partition coefficient (Wildman–Crippen LogP) is 3.94. The number of aryl methyl sites for hydroxylation is 1. The molecule has 25 heavy (non-hydrogen) atoms. The molecule has 8 heteroatoms. The van der Waals surface area contributed by atoms with Crippen molar-refractivity contribution in [1.29, 1.82) is 0 Å². The number of aromatic nitrogens is 3. The van der Waals surface area contributed by atoms with Crippen molar-refractivity contribution in [3.8, 4) is 11.1 Å². The van der Waals surface area contributed by atoms with Crippen LogP contribution in [0.1, 0.15) is 30.3 Å². The summed E-state index contributed by atoms with van der Waals surface area (Å²) in [6.45, 7) is 1.62. The molecule has 0 unspecified atom stereocenters. The van der Waals surface area contributed by atoms with Crippen LogP contribution in [-0.2, 0) is 0 Å². The van der Waals surface area contributed by atoms with E-state index in [0.717, 1.165) is 0 Å². The fourth-order valence-electron chi connectivity index (χ4n) is 3.30. The molecule has 0 atom stereocenters. The molecule has 1 aliphatic carbocycles. The number of rotatable bonds is 2. The second-order valence-corrected chi connectivity index (χ2v) is 6.35. The monoisotopic (exact) mass is 349 g/mol. The van der Waals surface area contributed by atoms with Gasteiger partial charge >= 0.3 is 6.18 Å². The van der Waals surface area contributed by atoms with E-state index in [2.05, 4.69) is 15.0 Å². The minimum absolute atomic E-state index is 0.0431. The predicted molar refractivity (Wildman–Crippen MR) is 84.1 cm³/mol. The second kappa shape index (κ2) is 5.44. The smallest absolute Gasteiger partial charge is 0.391 e. The summed E-state index contributed by atoms with van der Waals surface area (Å²) < 4.78 is 43.6. The van der Waals surface area contributed by atoms with E-state index in [0.29, 0.717) is 33.7 Å². The Kier molecular flexibility index (Phi) is 3.45. The summed E-state index contributed by atoms with van der Waals surface area (Å²) in [6.07, 6.45) is -2.99. The maximum atomic E-state index is 12.8. The van der Waals surface area contributed by atoms with E-state index in [1.807, 2.05) is 0 Å². The Bertz CT molecular complexity index is 1000. The highest BCUT2D eigenvalue weighted by atomic mass is 19.4. The van der Waals surface area contributed by atoms with Gasteiger partial charge in [-0.2, -0.15) is 13.2 Å². The van der Waals surface area contributed by atoms with Gasteiger partial charge in [0.1, 0.15) is 11.3 Å². The highest BCUT2D eigenvalue weighted by molar-refractivity contribution is 5.80. The lowest BCUT2D eigenvalue weighted by Crippen LogP contribution is -2.36. The number of fused-ring (bicyclic) bond motifs is 1. The summed E-state index contributed by atoms with van der Waals surface area (Å²) in [7, 11) is 0. The summed E-state index contributed by atoms with van der Waals surface area (Å²) in [6, 6.07) is 5.06. The van der Waals surface area contributed by atoms with Gasteiger partial charge in [0.25, 0.3) is 5.56 Å². The van der Waals surface area contributed by atoms with Gasteiger partial charge in [-0.05, 0) is 37.5 Å². The van der Waals surface area contributed by atoms with Crippen LogP contribution in [0.2, 0.25) is 0 Å². The number of oxazole rings is 1. The Balaban J connectivity index is 1.79. The zero-order valence-corrected chi connectivity index (χ0v) is 13.2. The molecule has 5 nitrogen and oxygen atoms in total. The minimum Gasteiger partial charge on any atom is -0.443 e. The first kappa shape index (κ1) is 15.9. The molecule has 2 heterocycles. The van der Waals surface area contributed by atoms with Crippen LogP contribution in [0, 0.1) is 12.8 Å². The van der Waals surface area contributed by atoms with Crippen LogP contribution < -0.4 is 5.56 Å². The fourth-order valence-corrected chi connectivity index (χ4v) is 3.30. The number of nitrogens with one attached hydrogen (secondary N) is 1. The van der Waals surface area contributed by atoms with Crippen molar-refractivity contribution < 1.29 is 17.6 Å². The standard InChI is InChI=1S/C17H14F3N3O2/c1-8-22-15(10-4-11(5-10)17(18,19)20)14(16(24)23-8)9-2-3-13-12(6-9)21-7-25-13/h2-3,6-7,10-11H,4-5H2,1H3,(H,22,23,24)/t10-,11+. The van der Waals surface area contributed by atoms with Crippen LogP contribution in [0.4, 0.5) is 13.2 Å². The topological polar surface area (TPSA) is 71.8 Å². The molecule has 0 bridgehead atoms. The van der Waals surface area contributed by atoms with Crippen molar-refractivity contribution >= 4 is 11.1 Å². The summed E-state index contributed by atoms with van der Waals surface area (Å²) in [4.78, 5) is 23.5. The molecule has 4 rings (SSSR count). The molecule has 1 fully saturated rings. The van der Waals surface area contributed by atoms with Crippen molar-refractivity contribution in [3.63, 3.8) is 0 Å². The molecule has 1 N–H and O–H groups in total. The minimum atomic E-state index is -4.20. The number of benzene rings is 1. The van der Waals surface area contributed by atoms with Crippen molar-refractivity contribution in [1.82, 2.24) is 15.0 Å². The third-order valence-corrected chi connectivity index (χ3v) is 4.67. The van der Waals surface area contributed by atoms with Gasteiger partial charge in [-0.25, -0.2) is 9.97 Å². The largest absolute Gasteiger partial charge is 0.443 e. The van der Waals surface area contributed by atoms with Crippen LogP contribution >= 0.6 is 0 Å². The average Bonchev–Trinajstić information content (AvgIpc) is 2.90. The van der Waals surface area contributed by atoms with Crippen LogP contribution in [-0.4, -0.2) is 21.1 Å². The van der Waals surface area contributed by atoms with E-state index in [4.69, 9.17) is 4.42 Å². The lowest BCUT2D eigenvalue weighted by molar-refractivity contribution is -0.197. The van der Waals surface area contributed by atoms with Crippen molar-refractivity contribution in [3.05, 3.63) is 46.5 Å². The SMILES string of the molecule is Cc1nc([C@H]2C[C@@H](C(F)(F)F)C2)c(-c2ccc3ocnc3c2)c(=O)[nH]1. The van der Waals surface area contributed by atoms with E-state index < -0.39 is 12.1 Å². The summed E-state index contributed by atoms with van der Waals surface area (Å²) >= 11 is 0. The van der Waals surface area contributed by atoms with Gasteiger partial charge in [0.05, 0.1) is 17.2 Å². The fraction of sp³-hybridized carbons (Fsp3) is 0.353. The number of hydrogen-bond acceptors (Lipinski definition) is 4. The van der Waals surface area contributed by atoms with Gasteiger partial charge in [0.15, 0.2) is 12.0 Å². The molecule has 1 saturated carbocycles. The Hall–Kier alpha value is -2.64. The molecule has 0 amide bonds. The van der Waals surface area contributed by atoms with E-state index >= 15 is 0 Å². The van der Waals surface area contributed by atoms with Crippen LogP contribution in [0.25, 0.3) is 22.2 Å². The first-order valence-electron chi connectivity index (χ1n) is 7.84. The Morgan fingerprint density at radius 2 is 2.04 bits per heavy atom. The van der Waals surface area contributed by atoms with Gasteiger partial charge in [0.2, 0.25) is 0 Å². The molecule has 2 aromatic heterocycles. The zero-order chi connectivity index (χ0) is 17.8. The van der Waals surface area contributed by atoms with Gasteiger partial charge in [-0.1, -0.05) is 6.07 Å². The number of alkyl halides is 3. The highest BCUT2D eigenvalue weighted by Gasteiger charge is 2.49. The normalized spacial score (nSPS) is 20.6. The van der Waals surface area contributed by atoms with Crippen LogP contribution in [0.15, 0.2) is 33.8 Å². The number of halogens is 3. The third kappa shape index (κ3) is 2.71. The molecule has 1 aromatic carbocycles. The lowest BCUT2D eigenvalue weighted by atomic mass is 9.71. The quantitative estimate of drug-likeness (QED) is 0.761. The molecule has 0 aliphatic heterocycles. The summed E-state index contributed by atoms with van der Waals surface area (Å²) in [5.74, 6) is -1.32. The van der Waals surface area contributed by atoms with Crippen LogP contribution in [0.3, 0.4) is 0 Å². The van der Waals surface area contributed by atoms with Crippen molar-refractivity contribution in [2.24, 2.45) is 5.92 Å². The molecular weight excluding hydrogens is 335 g/mol. The zero-order valence-electron chi connectivity index (χ0n) is 13.2. The first-order chi connectivity index (χ1) is 11.8. The molecule has 1 aliphatic rings. The second-order valence-electron chi connectivity index (χ2n) is 6.35. The van der Waals surface area contributed by atoms with E-state index in [-0.39, 0.29) is 24.3 Å². The summed E-state index contributed by atoms with van der Waals surface area (Å²) in [5, 5.41) is 0. The third-order valence-electron chi connectivity index (χ3n) is 4.67. The number of aromatic amines is 1. The number of H-pyrrole nitrogens is 1. The first-order valence-corrected chi connectivity index (χ1v) is 7.84. The Morgan fingerprint density at radius 1 is 1.28 bits per heavy atom. The lowest BCUT2D eigenvalue weighted by Gasteiger charge is -2.36. The van der Waals surface area contributed by atoms with E-state index in [1.165, 1.54) is 6.39 Å². The van der Waals surface area contributed by atoms with Crippen LogP contribution in [0.5, 0.6) is 0 Å². The molecule has 130 valence electrons. The summed E-state index contributed by atoms with van der Waals surface area (Å²) in [5.41, 5.74) is 2.08. The van der Waals surface area contributed by atoms with E-state index in [9.17, 15) is 18.0 Å². The maximum absolute atomic E-state index is 12.8. The average molecular weight is 349 g/mol. The van der Waals surface area contributed by atoms with Gasteiger partial charge in [-0.15, -0.1) is 0 Å². The molecule has 3 aromatic rings. The van der Waals surface area contributed by atoms with Crippen molar-refractivity contribution in [2.75, 3.05) is 0 Å². The Labute approximate surface area is 139 Å². The van der Waals surface area contributed by atoms with Gasteiger partial charge in [0, 0.05) is 5.92 Å². The highest BCUT2D eigenvalue weighted by Crippen LogP contribution is 2.50. The Morgan fingerprint density at radius 3 is 2.76 bits per heavy atom. The van der Waals surface area contributed by atoms with E-state index in [1.54, 1.807) is 25.1 Å².